The van der Waals surface area contributed by atoms with Gasteiger partial charge in [0.25, 0.3) is 0 Å². The molecule has 1 unspecified atom stereocenters. The Morgan fingerprint density at radius 1 is 0.857 bits per heavy atom. The number of allylic oxidation sites excluding steroid dienone is 1. The van der Waals surface area contributed by atoms with Crippen LogP contribution in [-0.2, 0) is 9.59 Å². The second-order valence-corrected chi connectivity index (χ2v) is 16.8. The van der Waals surface area contributed by atoms with E-state index in [1.54, 1.807) is 0 Å². The van der Waals surface area contributed by atoms with Gasteiger partial charge in [-0.25, -0.2) is 0 Å². The van der Waals surface area contributed by atoms with Crippen LogP contribution in [0, 0.1) is 50.7 Å². The van der Waals surface area contributed by atoms with Gasteiger partial charge < -0.3 is 10.4 Å². The molecule has 4 nitrogen and oxygen atoms in total. The summed E-state index contributed by atoms with van der Waals surface area (Å²) in [5.74, 6) is 1.77. The zero-order valence-corrected chi connectivity index (χ0v) is 27.5. The Morgan fingerprint density at radius 3 is 2.21 bits per heavy atom. The Balaban J connectivity index is 1.40. The molecule has 0 aliphatic heterocycles. The summed E-state index contributed by atoms with van der Waals surface area (Å²) in [6.07, 6.45) is 8.40. The van der Waals surface area contributed by atoms with Crippen LogP contribution in [0.1, 0.15) is 125 Å². The van der Waals surface area contributed by atoms with E-state index in [-0.39, 0.29) is 57.3 Å². The highest BCUT2D eigenvalue weighted by molar-refractivity contribution is 6.07. The highest BCUT2D eigenvalue weighted by Gasteiger charge is 2.70. The Kier molecular flexibility index (Phi) is 7.01. The number of rotatable bonds is 4. The molecule has 0 radical (unpaired) electrons. The number of aliphatic hydroxyl groups excluding tert-OH is 1. The molecule has 9 atom stereocenters. The van der Waals surface area contributed by atoms with Crippen LogP contribution in [0.15, 0.2) is 41.5 Å². The number of carbonyl (C=O) groups excluding carboxylic acids is 2. The van der Waals surface area contributed by atoms with Crippen molar-refractivity contribution in [3.05, 3.63) is 47.0 Å². The Morgan fingerprint density at radius 2 is 1.55 bits per heavy atom. The van der Waals surface area contributed by atoms with Gasteiger partial charge in [-0.05, 0) is 120 Å². The van der Waals surface area contributed by atoms with Crippen molar-refractivity contribution in [2.75, 3.05) is 0 Å². The molecule has 4 fully saturated rings. The molecule has 4 saturated carbocycles. The summed E-state index contributed by atoms with van der Waals surface area (Å²) in [6, 6.07) is 10.1. The smallest absolute Gasteiger partial charge is 0.231 e. The number of nitrogens with one attached hydrogen (secondary N) is 1. The molecule has 230 valence electrons. The number of Topliss-reactive ketones (excluding diaryl/α,β-unsaturated/α-hetero) is 1. The van der Waals surface area contributed by atoms with Crippen LogP contribution >= 0.6 is 0 Å². The summed E-state index contributed by atoms with van der Waals surface area (Å²) >= 11 is 0. The molecule has 1 aromatic carbocycles. The molecule has 5 aliphatic carbocycles. The molecule has 0 bridgehead atoms. The monoisotopic (exact) mass is 573 g/mol. The van der Waals surface area contributed by atoms with E-state index in [9.17, 15) is 14.7 Å². The quantitative estimate of drug-likeness (QED) is 0.381. The van der Waals surface area contributed by atoms with Crippen molar-refractivity contribution in [1.29, 1.82) is 0 Å². The van der Waals surface area contributed by atoms with Gasteiger partial charge in [0.15, 0.2) is 5.78 Å². The fraction of sp³-hybridized carbons (Fsp3) is 0.737. The van der Waals surface area contributed by atoms with E-state index in [0.717, 1.165) is 56.1 Å². The molecule has 0 saturated heterocycles. The van der Waals surface area contributed by atoms with Crippen molar-refractivity contribution in [2.45, 2.75) is 125 Å². The standard InChI is InChI=1S/C38H55NO3/c1-23(2)31-27(40)22-38(33(42)39-24(3)25-12-10-9-11-13-25)21-20-36(7)26(32(31)38)14-15-29-35(6)18-17-30(41)34(4,5)28(35)16-19-37(29,36)8/h9-13,23-24,26,28-30,41H,14-22H2,1-8H3,(H,39,42)/t24?,26-,28+,29-,30+,35+,36-,37-,38-/m1/s1. The number of amides is 1. The van der Waals surface area contributed by atoms with E-state index in [2.05, 4.69) is 72.8 Å². The van der Waals surface area contributed by atoms with Crippen molar-refractivity contribution in [3.63, 3.8) is 0 Å². The minimum absolute atomic E-state index is 0.0407. The van der Waals surface area contributed by atoms with E-state index < -0.39 is 5.41 Å². The van der Waals surface area contributed by atoms with Crippen LogP contribution in [-0.4, -0.2) is 22.9 Å². The maximum absolute atomic E-state index is 14.5. The summed E-state index contributed by atoms with van der Waals surface area (Å²) < 4.78 is 0. The van der Waals surface area contributed by atoms with Gasteiger partial charge in [0, 0.05) is 6.42 Å². The lowest BCUT2D eigenvalue weighted by atomic mass is 9.33. The third kappa shape index (κ3) is 3.88. The van der Waals surface area contributed by atoms with Crippen molar-refractivity contribution < 1.29 is 14.7 Å². The number of benzene rings is 1. The van der Waals surface area contributed by atoms with E-state index in [4.69, 9.17) is 0 Å². The first-order valence-electron chi connectivity index (χ1n) is 17.0. The molecular formula is C38H55NO3. The number of hydrogen-bond acceptors (Lipinski definition) is 3. The highest BCUT2D eigenvalue weighted by atomic mass is 16.3. The van der Waals surface area contributed by atoms with Crippen LogP contribution in [0.25, 0.3) is 0 Å². The van der Waals surface area contributed by atoms with Gasteiger partial charge in [0.05, 0.1) is 17.6 Å². The summed E-state index contributed by atoms with van der Waals surface area (Å²) in [6.45, 7) is 18.7. The van der Waals surface area contributed by atoms with Gasteiger partial charge in [0.2, 0.25) is 5.91 Å². The number of aliphatic hydroxyl groups is 1. The fourth-order valence-electron chi connectivity index (χ4n) is 12.0. The van der Waals surface area contributed by atoms with Crippen LogP contribution in [0.4, 0.5) is 0 Å². The summed E-state index contributed by atoms with van der Waals surface area (Å²) in [5.41, 5.74) is 2.90. The number of hydrogen-bond donors (Lipinski definition) is 2. The molecule has 1 aromatic rings. The van der Waals surface area contributed by atoms with Crippen LogP contribution < -0.4 is 5.32 Å². The first kappa shape index (κ1) is 30.1. The fourth-order valence-corrected chi connectivity index (χ4v) is 12.0. The van der Waals surface area contributed by atoms with E-state index in [0.29, 0.717) is 18.3 Å². The molecule has 4 heteroatoms. The SMILES string of the molecule is CC(C)C1=C2[C@H]3CC[C@@H]4[C@@]5(C)CC[C@H](O)C(C)(C)[C@@H]5CC[C@@]4(C)[C@]3(C)CC[C@@]2(C(=O)NC(C)c2ccccc2)CC1=O. The molecule has 5 aliphatic rings. The lowest BCUT2D eigenvalue weighted by Gasteiger charge is -2.72. The maximum Gasteiger partial charge on any atom is 0.231 e. The maximum atomic E-state index is 14.5. The van der Waals surface area contributed by atoms with E-state index in [1.165, 1.54) is 12.0 Å². The van der Waals surface area contributed by atoms with Gasteiger partial charge in [-0.2, -0.15) is 0 Å². The topological polar surface area (TPSA) is 66.4 Å². The molecule has 0 spiro atoms. The summed E-state index contributed by atoms with van der Waals surface area (Å²) in [4.78, 5) is 28.3. The van der Waals surface area contributed by atoms with Crippen molar-refractivity contribution in [3.8, 4) is 0 Å². The predicted octanol–water partition coefficient (Wildman–Crippen LogP) is 8.21. The third-order valence-electron chi connectivity index (χ3n) is 14.5. The molecule has 2 N–H and O–H groups in total. The number of ketones is 1. The Bertz CT molecular complexity index is 1300. The average molecular weight is 574 g/mol. The predicted molar refractivity (Wildman–Crippen MR) is 168 cm³/mol. The van der Waals surface area contributed by atoms with Gasteiger partial charge in [-0.15, -0.1) is 0 Å². The van der Waals surface area contributed by atoms with Crippen LogP contribution in [0.2, 0.25) is 0 Å². The number of carbonyl (C=O) groups is 2. The third-order valence-corrected chi connectivity index (χ3v) is 14.5. The molecule has 1 amide bonds. The van der Waals surface area contributed by atoms with Gasteiger partial charge in [0.1, 0.15) is 0 Å². The first-order valence-corrected chi connectivity index (χ1v) is 17.0. The lowest BCUT2D eigenvalue weighted by Crippen LogP contribution is -2.66. The van der Waals surface area contributed by atoms with E-state index >= 15 is 0 Å². The average Bonchev–Trinajstić information content (AvgIpc) is 3.25. The van der Waals surface area contributed by atoms with Gasteiger partial charge in [-0.3, -0.25) is 9.59 Å². The summed E-state index contributed by atoms with van der Waals surface area (Å²) in [5, 5.41) is 14.4. The second-order valence-electron chi connectivity index (χ2n) is 16.8. The van der Waals surface area contributed by atoms with Crippen molar-refractivity contribution >= 4 is 11.7 Å². The normalized spacial score (nSPS) is 43.2. The van der Waals surface area contributed by atoms with Crippen LogP contribution in [0.3, 0.4) is 0 Å². The molecule has 6 rings (SSSR count). The molecule has 42 heavy (non-hydrogen) atoms. The Labute approximate surface area is 254 Å². The number of fused-ring (bicyclic) bond motifs is 7. The first-order chi connectivity index (χ1) is 19.6. The minimum atomic E-state index is -0.717. The van der Waals surface area contributed by atoms with Crippen molar-refractivity contribution in [1.82, 2.24) is 5.32 Å². The minimum Gasteiger partial charge on any atom is -0.393 e. The van der Waals surface area contributed by atoms with Gasteiger partial charge in [-0.1, -0.05) is 78.8 Å². The zero-order valence-electron chi connectivity index (χ0n) is 27.5. The molecule has 0 aromatic heterocycles. The summed E-state index contributed by atoms with van der Waals surface area (Å²) in [7, 11) is 0. The lowest BCUT2D eigenvalue weighted by molar-refractivity contribution is -0.228. The molecule has 0 heterocycles. The largest absolute Gasteiger partial charge is 0.393 e. The second kappa shape index (κ2) is 9.78. The zero-order chi connectivity index (χ0) is 30.5. The molecular weight excluding hydrogens is 518 g/mol. The highest BCUT2D eigenvalue weighted by Crippen LogP contribution is 2.76. The van der Waals surface area contributed by atoms with Crippen LogP contribution in [0.5, 0.6) is 0 Å². The Hall–Kier alpha value is -1.94. The van der Waals surface area contributed by atoms with E-state index in [1.807, 2.05) is 18.2 Å². The van der Waals surface area contributed by atoms with Gasteiger partial charge >= 0.3 is 0 Å². The van der Waals surface area contributed by atoms with Crippen molar-refractivity contribution in [2.24, 2.45) is 50.7 Å².